The minimum Gasteiger partial charge on any atom is -0.352 e. The number of piperidine rings is 1. The largest absolute Gasteiger partial charge is 0.352 e. The van der Waals surface area contributed by atoms with Gasteiger partial charge in [-0.1, -0.05) is 38.3 Å². The van der Waals surface area contributed by atoms with E-state index in [1.165, 1.54) is 24.2 Å². The van der Waals surface area contributed by atoms with Crippen molar-refractivity contribution in [3.63, 3.8) is 0 Å². The van der Waals surface area contributed by atoms with Crippen LogP contribution in [0.5, 0.6) is 0 Å². The molecule has 164 valence electrons. The van der Waals surface area contributed by atoms with E-state index >= 15 is 0 Å². The molecule has 3 rings (SSSR count). The zero-order valence-electron chi connectivity index (χ0n) is 18.2. The van der Waals surface area contributed by atoms with Gasteiger partial charge in [-0.25, -0.2) is 4.79 Å². The summed E-state index contributed by atoms with van der Waals surface area (Å²) in [6.45, 7) is 7.48. The zero-order valence-corrected chi connectivity index (χ0v) is 18.2. The standard InChI is InChI=1S/C23H34N4O3/c1-3-4-6-15-27-22(29)19-11-10-18(16-20(19)25-23(27)30)21(28)24-12-8-14-26-13-7-5-9-17(26)2/h10-11,16-17,19H,3-9,12-15H2,1-2H3,(H,24,28). The van der Waals surface area contributed by atoms with Crippen LogP contribution in [0.4, 0.5) is 4.79 Å². The van der Waals surface area contributed by atoms with Gasteiger partial charge in [0.15, 0.2) is 0 Å². The minimum atomic E-state index is -0.568. The van der Waals surface area contributed by atoms with Crippen molar-refractivity contribution in [1.29, 1.82) is 0 Å². The van der Waals surface area contributed by atoms with Crippen LogP contribution in [0.3, 0.4) is 0 Å². The average Bonchev–Trinajstić information content (AvgIpc) is 2.74. The maximum absolute atomic E-state index is 12.7. The summed E-state index contributed by atoms with van der Waals surface area (Å²) < 4.78 is 0. The van der Waals surface area contributed by atoms with Gasteiger partial charge >= 0.3 is 6.03 Å². The topological polar surface area (TPSA) is 82.1 Å². The quantitative estimate of drug-likeness (QED) is 0.588. The summed E-state index contributed by atoms with van der Waals surface area (Å²) in [5.41, 5.74) is 0.808. The Morgan fingerprint density at radius 1 is 1.20 bits per heavy atom. The molecular formula is C23H34N4O3. The molecule has 1 fully saturated rings. The second-order valence-electron chi connectivity index (χ2n) is 8.44. The Morgan fingerprint density at radius 2 is 2.03 bits per heavy atom. The maximum Gasteiger partial charge on any atom is 0.350 e. The summed E-state index contributed by atoms with van der Waals surface area (Å²) in [6.07, 6.45) is 12.4. The lowest BCUT2D eigenvalue weighted by atomic mass is 9.91. The molecule has 0 bridgehead atoms. The molecule has 1 N–H and O–H groups in total. The molecule has 1 saturated heterocycles. The van der Waals surface area contributed by atoms with Gasteiger partial charge in [0.2, 0.25) is 5.91 Å². The van der Waals surface area contributed by atoms with E-state index in [9.17, 15) is 14.4 Å². The van der Waals surface area contributed by atoms with Gasteiger partial charge in [0.05, 0.1) is 11.6 Å². The number of amides is 4. The van der Waals surface area contributed by atoms with E-state index in [1.807, 2.05) is 0 Å². The molecule has 7 heteroatoms. The first-order chi connectivity index (χ1) is 14.5. The van der Waals surface area contributed by atoms with Crippen molar-refractivity contribution in [3.8, 4) is 0 Å². The molecule has 2 atom stereocenters. The summed E-state index contributed by atoms with van der Waals surface area (Å²) in [7, 11) is 0. The van der Waals surface area contributed by atoms with Gasteiger partial charge in [0.25, 0.3) is 5.91 Å². The first-order valence-electron chi connectivity index (χ1n) is 11.4. The summed E-state index contributed by atoms with van der Waals surface area (Å²) in [6, 6.07) is 0.0978. The molecule has 1 aliphatic carbocycles. The summed E-state index contributed by atoms with van der Waals surface area (Å²) in [5, 5.41) is 2.95. The summed E-state index contributed by atoms with van der Waals surface area (Å²) >= 11 is 0. The van der Waals surface area contributed by atoms with E-state index in [1.54, 1.807) is 18.2 Å². The Kier molecular flexibility index (Phi) is 7.96. The number of nitrogens with one attached hydrogen (secondary N) is 1. The van der Waals surface area contributed by atoms with Crippen molar-refractivity contribution >= 4 is 23.6 Å². The number of carbonyl (C=O) groups excluding carboxylic acids is 3. The van der Waals surface area contributed by atoms with Crippen LogP contribution in [-0.4, -0.2) is 65.6 Å². The van der Waals surface area contributed by atoms with Crippen LogP contribution in [0.25, 0.3) is 0 Å². The van der Waals surface area contributed by atoms with Crippen LogP contribution in [-0.2, 0) is 9.59 Å². The average molecular weight is 415 g/mol. The predicted molar refractivity (Wildman–Crippen MR) is 117 cm³/mol. The Labute approximate surface area is 179 Å². The number of aliphatic imine (C=N–C) groups is 1. The van der Waals surface area contributed by atoms with E-state index < -0.39 is 11.9 Å². The highest BCUT2D eigenvalue weighted by molar-refractivity contribution is 6.23. The zero-order chi connectivity index (χ0) is 21.5. The molecule has 0 spiro atoms. The molecule has 0 aromatic carbocycles. The van der Waals surface area contributed by atoms with Gasteiger partial charge in [0.1, 0.15) is 0 Å². The third kappa shape index (κ3) is 5.45. The third-order valence-electron chi connectivity index (χ3n) is 6.17. The van der Waals surface area contributed by atoms with E-state index in [-0.39, 0.29) is 11.8 Å². The molecule has 0 aromatic heterocycles. The Balaban J connectivity index is 1.51. The lowest BCUT2D eigenvalue weighted by Gasteiger charge is -2.33. The van der Waals surface area contributed by atoms with Crippen LogP contribution in [0, 0.1) is 5.92 Å². The molecule has 0 radical (unpaired) electrons. The number of nitrogens with zero attached hydrogens (tertiary/aromatic N) is 3. The predicted octanol–water partition coefficient (Wildman–Crippen LogP) is 3.07. The molecule has 7 nitrogen and oxygen atoms in total. The second kappa shape index (κ2) is 10.7. The van der Waals surface area contributed by atoms with Crippen molar-refractivity contribution in [2.24, 2.45) is 10.9 Å². The van der Waals surface area contributed by atoms with Crippen LogP contribution in [0.1, 0.15) is 58.8 Å². The number of fused-ring (bicyclic) bond motifs is 1. The molecule has 2 aliphatic heterocycles. The van der Waals surface area contributed by atoms with Gasteiger partial charge < -0.3 is 10.2 Å². The van der Waals surface area contributed by atoms with Crippen molar-refractivity contribution < 1.29 is 14.4 Å². The molecule has 0 saturated carbocycles. The fourth-order valence-corrected chi connectivity index (χ4v) is 4.28. The van der Waals surface area contributed by atoms with Gasteiger partial charge in [-0.05, 0) is 45.2 Å². The van der Waals surface area contributed by atoms with Crippen molar-refractivity contribution in [1.82, 2.24) is 15.1 Å². The van der Waals surface area contributed by atoms with Crippen molar-refractivity contribution in [3.05, 3.63) is 23.8 Å². The summed E-state index contributed by atoms with van der Waals surface area (Å²) in [4.78, 5) is 45.3. The molecular weight excluding hydrogens is 380 g/mol. The number of hydrogen-bond acceptors (Lipinski definition) is 4. The number of imide groups is 1. The smallest absolute Gasteiger partial charge is 0.350 e. The molecule has 0 aromatic rings. The van der Waals surface area contributed by atoms with Crippen molar-refractivity contribution in [2.75, 3.05) is 26.2 Å². The van der Waals surface area contributed by atoms with Gasteiger partial charge in [0, 0.05) is 31.2 Å². The molecule has 2 unspecified atom stereocenters. The highest BCUT2D eigenvalue weighted by Gasteiger charge is 2.36. The Hall–Kier alpha value is -2.28. The van der Waals surface area contributed by atoms with Crippen molar-refractivity contribution in [2.45, 2.75) is 64.8 Å². The molecule has 3 aliphatic rings. The number of allylic oxidation sites excluding steroid dienone is 1. The molecule has 30 heavy (non-hydrogen) atoms. The number of hydrogen-bond donors (Lipinski definition) is 1. The first kappa shape index (κ1) is 22.4. The van der Waals surface area contributed by atoms with E-state index in [0.29, 0.717) is 30.4 Å². The fraction of sp³-hybridized carbons (Fsp3) is 0.652. The monoisotopic (exact) mass is 414 g/mol. The number of carbonyl (C=O) groups is 3. The molecule has 4 amide bonds. The SMILES string of the molecule is CCCCCN1C(=O)N=C2C=C(C(=O)NCCCN3CCCCC3C)C=CC2C1=O. The number of rotatable bonds is 9. The van der Waals surface area contributed by atoms with Gasteiger partial charge in [-0.2, -0.15) is 4.99 Å². The van der Waals surface area contributed by atoms with E-state index in [0.717, 1.165) is 38.8 Å². The van der Waals surface area contributed by atoms with Crippen LogP contribution >= 0.6 is 0 Å². The molecule has 2 heterocycles. The Bertz CT molecular complexity index is 756. The van der Waals surface area contributed by atoms with Crippen LogP contribution < -0.4 is 5.32 Å². The number of unbranched alkanes of at least 4 members (excludes halogenated alkanes) is 2. The van der Waals surface area contributed by atoms with E-state index in [2.05, 4.69) is 29.1 Å². The highest BCUT2D eigenvalue weighted by Crippen LogP contribution is 2.23. The van der Waals surface area contributed by atoms with Gasteiger partial charge in [-0.15, -0.1) is 0 Å². The van der Waals surface area contributed by atoms with Crippen LogP contribution in [0.15, 0.2) is 28.8 Å². The third-order valence-corrected chi connectivity index (χ3v) is 6.17. The lowest BCUT2D eigenvalue weighted by Crippen LogP contribution is -2.46. The lowest BCUT2D eigenvalue weighted by molar-refractivity contribution is -0.129. The van der Waals surface area contributed by atoms with E-state index in [4.69, 9.17) is 0 Å². The second-order valence-corrected chi connectivity index (χ2v) is 8.44. The number of urea groups is 1. The first-order valence-corrected chi connectivity index (χ1v) is 11.4. The number of likely N-dealkylation sites (tertiary alicyclic amines) is 1. The fourth-order valence-electron chi connectivity index (χ4n) is 4.28. The minimum absolute atomic E-state index is 0.190. The normalized spacial score (nSPS) is 24.4. The Morgan fingerprint density at radius 3 is 2.80 bits per heavy atom. The van der Waals surface area contributed by atoms with Crippen LogP contribution in [0.2, 0.25) is 0 Å². The summed E-state index contributed by atoms with van der Waals surface area (Å²) in [5.74, 6) is -1.01. The maximum atomic E-state index is 12.7. The van der Waals surface area contributed by atoms with Gasteiger partial charge in [-0.3, -0.25) is 14.5 Å². The highest BCUT2D eigenvalue weighted by atomic mass is 16.2.